The molecule has 12 heteroatoms. The number of urea groups is 1. The Kier molecular flexibility index (Phi) is 7.44. The molecule has 0 aliphatic carbocycles. The summed E-state index contributed by atoms with van der Waals surface area (Å²) in [5.74, 6) is -0.782. The molecule has 0 aliphatic rings. The average molecular weight is 425 g/mol. The van der Waals surface area contributed by atoms with Gasteiger partial charge in [0, 0.05) is 6.20 Å². The number of ether oxygens (including phenoxy) is 1. The summed E-state index contributed by atoms with van der Waals surface area (Å²) in [6, 6.07) is -1.00. The van der Waals surface area contributed by atoms with Crippen molar-refractivity contribution in [3.05, 3.63) is 21.9 Å². The normalized spacial score (nSPS) is 12.5. The van der Waals surface area contributed by atoms with Gasteiger partial charge < -0.3 is 20.5 Å². The van der Waals surface area contributed by atoms with Crippen molar-refractivity contribution < 1.29 is 19.4 Å². The van der Waals surface area contributed by atoms with Gasteiger partial charge in [0.25, 0.3) is 0 Å². The van der Waals surface area contributed by atoms with Crippen LogP contribution in [-0.2, 0) is 4.74 Å². The van der Waals surface area contributed by atoms with Crippen LogP contribution in [-0.4, -0.2) is 38.7 Å². The van der Waals surface area contributed by atoms with Crippen LogP contribution in [0.5, 0.6) is 0 Å². The number of hydrogen-bond donors (Lipinski definition) is 3. The lowest BCUT2D eigenvalue weighted by Gasteiger charge is -2.21. The van der Waals surface area contributed by atoms with Gasteiger partial charge in [-0.25, -0.2) is 14.6 Å². The number of rotatable bonds is 4. The van der Waals surface area contributed by atoms with E-state index in [1.54, 1.807) is 6.92 Å². The zero-order valence-corrected chi connectivity index (χ0v) is 15.2. The molecule has 0 radical (unpaired) electrons. The van der Waals surface area contributed by atoms with Gasteiger partial charge in [-0.1, -0.05) is 58.0 Å². The van der Waals surface area contributed by atoms with Gasteiger partial charge in [0.15, 0.2) is 6.23 Å². The molecular formula is C11H10Cl5N3O4. The highest BCUT2D eigenvalue weighted by atomic mass is 35.6. The lowest BCUT2D eigenvalue weighted by atomic mass is 10.2. The molecular weight excluding hydrogens is 415 g/mol. The second kappa shape index (κ2) is 8.41. The smallest absolute Gasteiger partial charge is 0.341 e. The number of pyridine rings is 1. The number of esters is 1. The van der Waals surface area contributed by atoms with Crippen molar-refractivity contribution in [2.24, 2.45) is 0 Å². The molecule has 0 spiro atoms. The fraction of sp³-hybridized carbons (Fsp3) is 0.364. The van der Waals surface area contributed by atoms with E-state index >= 15 is 0 Å². The first-order valence-corrected chi connectivity index (χ1v) is 7.80. The molecule has 0 bridgehead atoms. The van der Waals surface area contributed by atoms with Gasteiger partial charge >= 0.3 is 12.0 Å². The van der Waals surface area contributed by atoms with Gasteiger partial charge in [0.1, 0.15) is 15.7 Å². The van der Waals surface area contributed by atoms with E-state index in [4.69, 9.17) is 62.7 Å². The summed E-state index contributed by atoms with van der Waals surface area (Å²) in [6.45, 7) is 1.69. The van der Waals surface area contributed by atoms with Crippen LogP contribution in [0, 0.1) is 0 Å². The number of halogens is 5. The highest BCUT2D eigenvalue weighted by Gasteiger charge is 2.32. The Labute approximate surface area is 156 Å². The van der Waals surface area contributed by atoms with Crippen LogP contribution in [0.15, 0.2) is 6.20 Å². The molecule has 0 saturated carbocycles. The van der Waals surface area contributed by atoms with E-state index in [9.17, 15) is 14.7 Å². The molecule has 1 aromatic rings. The van der Waals surface area contributed by atoms with Crippen LogP contribution in [0.3, 0.4) is 0 Å². The van der Waals surface area contributed by atoms with Gasteiger partial charge in [-0.05, 0) is 6.92 Å². The monoisotopic (exact) mass is 423 g/mol. The quantitative estimate of drug-likeness (QED) is 0.297. The molecule has 7 nitrogen and oxygen atoms in total. The van der Waals surface area contributed by atoms with E-state index in [-0.39, 0.29) is 28.0 Å². The summed E-state index contributed by atoms with van der Waals surface area (Å²) in [5, 5.41) is 13.3. The summed E-state index contributed by atoms with van der Waals surface area (Å²) < 4.78 is 2.66. The molecule has 128 valence electrons. The number of nitrogens with one attached hydrogen (secondary N) is 2. The molecule has 0 fully saturated rings. The highest BCUT2D eigenvalue weighted by Crippen LogP contribution is 2.32. The van der Waals surface area contributed by atoms with Gasteiger partial charge in [0.2, 0.25) is 3.79 Å². The Hall–Kier alpha value is -0.700. The van der Waals surface area contributed by atoms with E-state index in [0.717, 1.165) is 6.20 Å². The molecule has 2 amide bonds. The zero-order chi connectivity index (χ0) is 17.8. The molecule has 1 rings (SSSR count). The molecule has 1 atom stereocenters. The summed E-state index contributed by atoms with van der Waals surface area (Å²) in [7, 11) is 0. The van der Waals surface area contributed by atoms with Crippen LogP contribution >= 0.6 is 58.0 Å². The first-order valence-electron chi connectivity index (χ1n) is 5.91. The van der Waals surface area contributed by atoms with E-state index in [1.165, 1.54) is 0 Å². The summed E-state index contributed by atoms with van der Waals surface area (Å²) >= 11 is 27.9. The summed E-state index contributed by atoms with van der Waals surface area (Å²) in [6.07, 6.45) is -0.734. The van der Waals surface area contributed by atoms with Crippen LogP contribution in [0.1, 0.15) is 17.3 Å². The van der Waals surface area contributed by atoms with E-state index in [1.807, 2.05) is 5.32 Å². The van der Waals surface area contributed by atoms with Crippen molar-refractivity contribution in [3.8, 4) is 0 Å². The maximum atomic E-state index is 11.8. The molecule has 0 aromatic carbocycles. The van der Waals surface area contributed by atoms with Crippen LogP contribution in [0.2, 0.25) is 10.2 Å². The van der Waals surface area contributed by atoms with Crippen molar-refractivity contribution in [1.29, 1.82) is 0 Å². The summed E-state index contributed by atoms with van der Waals surface area (Å²) in [5.41, 5.74) is -0.307. The number of amides is 2. The van der Waals surface area contributed by atoms with Crippen LogP contribution < -0.4 is 10.6 Å². The number of carbonyl (C=O) groups excluding carboxylic acids is 2. The molecule has 0 aliphatic heterocycles. The molecule has 1 heterocycles. The largest absolute Gasteiger partial charge is 0.462 e. The fourth-order valence-corrected chi connectivity index (χ4v) is 1.81. The van der Waals surface area contributed by atoms with Crippen molar-refractivity contribution in [2.45, 2.75) is 16.9 Å². The molecule has 1 aromatic heterocycles. The zero-order valence-electron chi connectivity index (χ0n) is 11.4. The first-order chi connectivity index (χ1) is 10.6. The average Bonchev–Trinajstić information content (AvgIpc) is 2.43. The van der Waals surface area contributed by atoms with E-state index < -0.39 is 22.0 Å². The minimum atomic E-state index is -2.15. The first kappa shape index (κ1) is 20.3. The van der Waals surface area contributed by atoms with E-state index in [0.29, 0.717) is 0 Å². The Morgan fingerprint density at radius 2 is 2.00 bits per heavy atom. The van der Waals surface area contributed by atoms with Crippen molar-refractivity contribution in [1.82, 2.24) is 10.3 Å². The standard InChI is InChI=1S/C11H10Cl5N3O4/c1-2-23-8(20)4-3-17-7(13)5(12)6(4)18-10(22)19-9(21)11(14,15)16/h3,9,21H,2H2,1H3,(H2,17,18,19,22). The second-order valence-electron chi connectivity index (χ2n) is 3.91. The van der Waals surface area contributed by atoms with Crippen LogP contribution in [0.4, 0.5) is 10.5 Å². The summed E-state index contributed by atoms with van der Waals surface area (Å²) in [4.78, 5) is 27.4. The predicted molar refractivity (Wildman–Crippen MR) is 88.7 cm³/mol. The Bertz CT molecular complexity index is 608. The number of alkyl halides is 3. The number of carbonyl (C=O) groups is 2. The lowest BCUT2D eigenvalue weighted by Crippen LogP contribution is -2.45. The van der Waals surface area contributed by atoms with Crippen molar-refractivity contribution in [2.75, 3.05) is 11.9 Å². The number of nitrogens with zero attached hydrogens (tertiary/aromatic N) is 1. The lowest BCUT2D eigenvalue weighted by molar-refractivity contribution is 0.0527. The minimum Gasteiger partial charge on any atom is -0.462 e. The molecule has 1 unspecified atom stereocenters. The second-order valence-corrected chi connectivity index (χ2v) is 7.02. The van der Waals surface area contributed by atoms with Gasteiger partial charge in [-0.3, -0.25) is 0 Å². The maximum absolute atomic E-state index is 11.8. The predicted octanol–water partition coefficient (Wildman–Crippen LogP) is 3.38. The van der Waals surface area contributed by atoms with Crippen molar-refractivity contribution in [3.63, 3.8) is 0 Å². The minimum absolute atomic E-state index is 0.0939. The Balaban J connectivity index is 3.04. The van der Waals surface area contributed by atoms with E-state index in [2.05, 4.69) is 10.3 Å². The number of aromatic nitrogens is 1. The van der Waals surface area contributed by atoms with Gasteiger partial charge in [0.05, 0.1) is 12.3 Å². The molecule has 23 heavy (non-hydrogen) atoms. The Morgan fingerprint density at radius 3 is 2.52 bits per heavy atom. The SMILES string of the molecule is CCOC(=O)c1cnc(Cl)c(Cl)c1NC(=O)NC(O)C(Cl)(Cl)Cl. The number of aliphatic hydroxyl groups excluding tert-OH is 1. The maximum Gasteiger partial charge on any atom is 0.341 e. The molecule has 0 saturated heterocycles. The third-order valence-electron chi connectivity index (χ3n) is 2.29. The third kappa shape index (κ3) is 5.70. The van der Waals surface area contributed by atoms with Crippen LogP contribution in [0.25, 0.3) is 0 Å². The third-order valence-corrected chi connectivity index (χ3v) is 3.66. The topological polar surface area (TPSA) is 101 Å². The number of hydrogen-bond acceptors (Lipinski definition) is 5. The Morgan fingerprint density at radius 1 is 1.39 bits per heavy atom. The number of anilines is 1. The van der Waals surface area contributed by atoms with Crippen molar-refractivity contribution >= 4 is 75.7 Å². The number of aliphatic hydroxyl groups is 1. The highest BCUT2D eigenvalue weighted by molar-refractivity contribution is 6.68. The molecule has 3 N–H and O–H groups in total. The van der Waals surface area contributed by atoms with Gasteiger partial charge in [-0.15, -0.1) is 0 Å². The fourth-order valence-electron chi connectivity index (χ4n) is 1.31. The van der Waals surface area contributed by atoms with Gasteiger partial charge in [-0.2, -0.15) is 0 Å².